The third kappa shape index (κ3) is 2.98. The first-order valence-corrected chi connectivity index (χ1v) is 8.98. The van der Waals surface area contributed by atoms with Gasteiger partial charge in [0.15, 0.2) is 11.2 Å². The molecule has 2 aromatic rings. The number of H-pyrrole nitrogens is 1. The molecule has 1 saturated heterocycles. The Morgan fingerprint density at radius 3 is 2.50 bits per heavy atom. The van der Waals surface area contributed by atoms with E-state index in [-0.39, 0.29) is 17.6 Å². The minimum atomic E-state index is -4.86. The summed E-state index contributed by atoms with van der Waals surface area (Å²) in [4.78, 5) is 57.0. The lowest BCUT2D eigenvalue weighted by atomic mass is 10.2. The molecular weight excluding hydrogens is 375 g/mol. The number of aliphatic hydroxyl groups is 1. The van der Waals surface area contributed by atoms with Crippen LogP contribution in [0.5, 0.6) is 0 Å². The Kier molecular flexibility index (Phi) is 4.55. The van der Waals surface area contributed by atoms with Crippen molar-refractivity contribution in [3.63, 3.8) is 0 Å². The van der Waals surface area contributed by atoms with Crippen molar-refractivity contribution in [2.45, 2.75) is 24.9 Å². The summed E-state index contributed by atoms with van der Waals surface area (Å²) >= 11 is 0. The van der Waals surface area contributed by atoms with Crippen molar-refractivity contribution in [2.24, 2.45) is 14.1 Å². The number of ether oxygens (including phenoxy) is 1. The number of hydrogen-bond acceptors (Lipinski definition) is 7. The molecule has 3 heterocycles. The monoisotopic (exact) mass is 392 g/mol. The Morgan fingerprint density at radius 1 is 1.27 bits per heavy atom. The van der Waals surface area contributed by atoms with Crippen LogP contribution >= 0.6 is 7.82 Å². The molecule has 0 saturated carbocycles. The van der Waals surface area contributed by atoms with Crippen molar-refractivity contribution < 1.29 is 28.7 Å². The van der Waals surface area contributed by atoms with Crippen LogP contribution < -0.4 is 16.9 Å². The first-order chi connectivity index (χ1) is 12.0. The molecule has 1 fully saturated rings. The van der Waals surface area contributed by atoms with E-state index in [0.717, 1.165) is 13.7 Å². The van der Waals surface area contributed by atoms with E-state index in [9.17, 15) is 24.1 Å². The van der Waals surface area contributed by atoms with Gasteiger partial charge in [0.2, 0.25) is 0 Å². The third-order valence-corrected chi connectivity index (χ3v) is 4.78. The normalized spacial score (nSPS) is 23.8. The minimum absolute atomic E-state index is 0.0402. The van der Waals surface area contributed by atoms with E-state index in [1.165, 1.54) is 14.1 Å². The van der Waals surface area contributed by atoms with E-state index in [0.29, 0.717) is 0 Å². The minimum Gasteiger partial charge on any atom is -0.394 e. The number of phosphoric acid groups is 1. The predicted octanol–water partition coefficient (Wildman–Crippen LogP) is -2.52. The highest BCUT2D eigenvalue weighted by Crippen LogP contribution is 2.43. The number of rotatable bonds is 4. The molecule has 1 aliphatic rings. The Bertz CT molecular complexity index is 1070. The van der Waals surface area contributed by atoms with Crippen LogP contribution in [0.2, 0.25) is 0 Å². The Morgan fingerprint density at radius 2 is 1.92 bits per heavy atom. The predicted molar refractivity (Wildman–Crippen MR) is 85.6 cm³/mol. The van der Waals surface area contributed by atoms with Crippen LogP contribution in [-0.4, -0.2) is 52.4 Å². The van der Waals surface area contributed by atoms with Gasteiger partial charge in [-0.05, 0) is 0 Å². The number of nitrogens with zero attached hydrogens (tertiary/aromatic N) is 3. The number of phosphoric ester groups is 1. The number of hydrogen-bond donors (Lipinski definition) is 4. The number of fused-ring (bicyclic) bond motifs is 1. The molecule has 1 aliphatic heterocycles. The number of imidazole rings is 1. The van der Waals surface area contributed by atoms with Crippen molar-refractivity contribution >= 4 is 19.0 Å². The molecule has 14 heteroatoms. The molecule has 0 unspecified atom stereocenters. The van der Waals surface area contributed by atoms with Gasteiger partial charge in [0.1, 0.15) is 18.4 Å². The fourth-order valence-electron chi connectivity index (χ4n) is 3.07. The Balaban J connectivity index is 2.14. The zero-order valence-corrected chi connectivity index (χ0v) is 14.6. The van der Waals surface area contributed by atoms with Gasteiger partial charge in [-0.25, -0.2) is 14.2 Å². The second kappa shape index (κ2) is 6.30. The molecule has 3 rings (SSSR count). The molecule has 3 atom stereocenters. The van der Waals surface area contributed by atoms with Gasteiger partial charge in [-0.2, -0.15) is 0 Å². The lowest BCUT2D eigenvalue weighted by Crippen LogP contribution is -2.37. The van der Waals surface area contributed by atoms with Crippen LogP contribution in [0.25, 0.3) is 11.2 Å². The average Bonchev–Trinajstić information content (AvgIpc) is 3.09. The Hall–Kier alpha value is -2.02. The van der Waals surface area contributed by atoms with Gasteiger partial charge >= 0.3 is 19.2 Å². The molecule has 13 nitrogen and oxygen atoms in total. The summed E-state index contributed by atoms with van der Waals surface area (Å²) in [7, 11) is -2.24. The largest absolute Gasteiger partial charge is 0.469 e. The van der Waals surface area contributed by atoms with Crippen LogP contribution in [0, 0.1) is 0 Å². The van der Waals surface area contributed by atoms with E-state index in [2.05, 4.69) is 9.51 Å². The maximum Gasteiger partial charge on any atom is 0.469 e. The summed E-state index contributed by atoms with van der Waals surface area (Å²) in [5, 5.41) is 9.35. The van der Waals surface area contributed by atoms with Gasteiger partial charge in [-0.3, -0.25) is 28.0 Å². The molecule has 0 bridgehead atoms. The van der Waals surface area contributed by atoms with Gasteiger partial charge in [0, 0.05) is 20.5 Å². The van der Waals surface area contributed by atoms with E-state index >= 15 is 0 Å². The lowest BCUT2D eigenvalue weighted by molar-refractivity contribution is -0.0436. The fourth-order valence-corrected chi connectivity index (χ4v) is 3.64. The maximum absolute atomic E-state index is 12.3. The van der Waals surface area contributed by atoms with Crippen LogP contribution in [0.1, 0.15) is 12.6 Å². The van der Waals surface area contributed by atoms with E-state index in [1.54, 1.807) is 0 Å². The molecule has 26 heavy (non-hydrogen) atoms. The number of aromatic amines is 1. The molecular formula is C12H17N4O9P. The van der Waals surface area contributed by atoms with Crippen molar-refractivity contribution in [3.05, 3.63) is 31.3 Å². The average molecular weight is 392 g/mol. The summed E-state index contributed by atoms with van der Waals surface area (Å²) in [6.07, 6.45) is -3.59. The summed E-state index contributed by atoms with van der Waals surface area (Å²) < 4.78 is 24.0. The molecule has 0 spiro atoms. The number of aryl methyl sites for hydroxylation is 1. The van der Waals surface area contributed by atoms with Crippen LogP contribution in [-0.2, 0) is 27.9 Å². The zero-order valence-electron chi connectivity index (χ0n) is 13.7. The highest BCUT2D eigenvalue weighted by atomic mass is 31.2. The van der Waals surface area contributed by atoms with Crippen LogP contribution in [0.3, 0.4) is 0 Å². The van der Waals surface area contributed by atoms with E-state index in [1.807, 2.05) is 0 Å². The topological polar surface area (TPSA) is 178 Å². The molecule has 0 aliphatic carbocycles. The van der Waals surface area contributed by atoms with Gasteiger partial charge in [-0.1, -0.05) is 0 Å². The fraction of sp³-hybridized carbons (Fsp3) is 0.583. The Labute approximate surface area is 144 Å². The molecule has 0 radical (unpaired) electrons. The standard InChI is InChI=1S/C12H17N4O9P/c1-14-9-8(10(18)15(2)12(14)20)13-11(19)16(9)7-3-5(6(4-17)24-7)25-26(21,22)23/h5-7,17H,3-4H2,1-2H3,(H,13,19)(H2,21,22,23)/t5-,6+,7+/m0/s1. The van der Waals surface area contributed by atoms with Crippen molar-refractivity contribution in [3.8, 4) is 0 Å². The summed E-state index contributed by atoms with van der Waals surface area (Å²) in [5.41, 5.74) is -2.30. The van der Waals surface area contributed by atoms with Crippen molar-refractivity contribution in [1.29, 1.82) is 0 Å². The second-order valence-corrected chi connectivity index (χ2v) is 7.08. The summed E-state index contributed by atoms with van der Waals surface area (Å²) in [5.74, 6) is 0. The third-order valence-electron chi connectivity index (χ3n) is 4.23. The maximum atomic E-state index is 12.3. The highest BCUT2D eigenvalue weighted by Gasteiger charge is 2.41. The van der Waals surface area contributed by atoms with Gasteiger partial charge in [-0.15, -0.1) is 0 Å². The molecule has 0 amide bonds. The smallest absolute Gasteiger partial charge is 0.394 e. The quantitative estimate of drug-likeness (QED) is 0.409. The molecule has 144 valence electrons. The lowest BCUT2D eigenvalue weighted by Gasteiger charge is -2.16. The van der Waals surface area contributed by atoms with Crippen molar-refractivity contribution in [1.82, 2.24) is 18.7 Å². The van der Waals surface area contributed by atoms with Gasteiger partial charge in [0.25, 0.3) is 5.56 Å². The van der Waals surface area contributed by atoms with E-state index < -0.39 is 49.8 Å². The van der Waals surface area contributed by atoms with Crippen LogP contribution in [0.4, 0.5) is 0 Å². The first kappa shape index (κ1) is 18.8. The molecule has 0 aromatic carbocycles. The second-order valence-electron chi connectivity index (χ2n) is 5.89. The zero-order chi connectivity index (χ0) is 19.4. The summed E-state index contributed by atoms with van der Waals surface area (Å²) in [6, 6.07) is 0. The number of aliphatic hydroxyl groups excluding tert-OH is 1. The van der Waals surface area contributed by atoms with Gasteiger partial charge < -0.3 is 19.6 Å². The highest BCUT2D eigenvalue weighted by molar-refractivity contribution is 7.46. The molecule has 2 aromatic heterocycles. The summed E-state index contributed by atoms with van der Waals surface area (Å²) in [6.45, 7) is -0.612. The van der Waals surface area contributed by atoms with Gasteiger partial charge in [0.05, 0.1) is 6.61 Å². The van der Waals surface area contributed by atoms with Crippen molar-refractivity contribution in [2.75, 3.05) is 6.61 Å². The SMILES string of the molecule is Cn1c(=O)c2[nH]c(=O)n([C@H]3C[C@H](OP(=O)(O)O)[C@@H](CO)O3)c2n(C)c1=O. The van der Waals surface area contributed by atoms with Crippen LogP contribution in [0.15, 0.2) is 14.4 Å². The first-order valence-electron chi connectivity index (χ1n) is 7.45. The van der Waals surface area contributed by atoms with E-state index in [4.69, 9.17) is 14.5 Å². The number of aromatic nitrogens is 4. The molecule has 4 N–H and O–H groups in total. The number of nitrogens with one attached hydrogen (secondary N) is 1.